The second-order valence-electron chi connectivity index (χ2n) is 3.89. The first-order valence-electron chi connectivity index (χ1n) is 4.90. The minimum Gasteiger partial charge on any atom is -0.481 e. The fraction of sp³-hybridized carbons (Fsp3) is 0.600. The molecule has 0 spiro atoms. The third-order valence-corrected chi connectivity index (χ3v) is 3.06. The molecule has 0 aliphatic carbocycles. The standard InChI is InChI=1S/C10H16N2O3S/c1-10(2,8(13)14)7-6-16-9(12-7)11-4-5-15-3/h6H,4-5H2,1-3H3,(H,11,12)(H,13,14). The Labute approximate surface area is 98.5 Å². The number of carbonyl (C=O) groups is 1. The van der Waals surface area contributed by atoms with Gasteiger partial charge in [-0.1, -0.05) is 0 Å². The van der Waals surface area contributed by atoms with Gasteiger partial charge in [-0.05, 0) is 13.8 Å². The van der Waals surface area contributed by atoms with Gasteiger partial charge in [0.05, 0.1) is 12.3 Å². The van der Waals surface area contributed by atoms with Crippen LogP contribution in [0.1, 0.15) is 19.5 Å². The van der Waals surface area contributed by atoms with E-state index in [2.05, 4.69) is 10.3 Å². The van der Waals surface area contributed by atoms with Crippen molar-refractivity contribution in [3.05, 3.63) is 11.1 Å². The van der Waals surface area contributed by atoms with Gasteiger partial charge in [0.2, 0.25) is 0 Å². The third-order valence-electron chi connectivity index (χ3n) is 2.26. The van der Waals surface area contributed by atoms with Crippen molar-refractivity contribution in [2.45, 2.75) is 19.3 Å². The number of aliphatic carboxylic acids is 1. The molecule has 0 aromatic carbocycles. The monoisotopic (exact) mass is 244 g/mol. The largest absolute Gasteiger partial charge is 0.481 e. The molecule has 0 fully saturated rings. The van der Waals surface area contributed by atoms with E-state index >= 15 is 0 Å². The molecule has 5 nitrogen and oxygen atoms in total. The van der Waals surface area contributed by atoms with E-state index in [1.165, 1.54) is 11.3 Å². The highest BCUT2D eigenvalue weighted by Gasteiger charge is 2.32. The summed E-state index contributed by atoms with van der Waals surface area (Å²) in [5.41, 5.74) is -0.373. The Balaban J connectivity index is 2.67. The molecule has 90 valence electrons. The highest BCUT2D eigenvalue weighted by atomic mass is 32.1. The number of methoxy groups -OCH3 is 1. The van der Waals surface area contributed by atoms with Crippen LogP contribution in [0.15, 0.2) is 5.38 Å². The van der Waals surface area contributed by atoms with Crippen molar-refractivity contribution < 1.29 is 14.6 Å². The molecule has 0 aliphatic rings. The molecule has 0 saturated heterocycles. The zero-order chi connectivity index (χ0) is 12.2. The lowest BCUT2D eigenvalue weighted by atomic mass is 9.90. The number of nitrogens with one attached hydrogen (secondary N) is 1. The molecule has 0 amide bonds. The molecule has 0 aliphatic heterocycles. The van der Waals surface area contributed by atoms with Gasteiger partial charge in [-0.2, -0.15) is 0 Å². The summed E-state index contributed by atoms with van der Waals surface area (Å²) in [6.45, 7) is 4.54. The normalized spacial score (nSPS) is 11.4. The van der Waals surface area contributed by atoms with Gasteiger partial charge in [0.25, 0.3) is 0 Å². The number of carboxylic acid groups (broad SMARTS) is 1. The minimum absolute atomic E-state index is 0.574. The average molecular weight is 244 g/mol. The SMILES string of the molecule is COCCNc1nc(C(C)(C)C(=O)O)cs1. The Morgan fingerprint density at radius 2 is 2.38 bits per heavy atom. The summed E-state index contributed by atoms with van der Waals surface area (Å²) in [4.78, 5) is 15.3. The van der Waals surface area contributed by atoms with Crippen molar-refractivity contribution in [1.29, 1.82) is 0 Å². The van der Waals surface area contributed by atoms with Crippen LogP contribution >= 0.6 is 11.3 Å². The number of aromatic nitrogens is 1. The number of thiazole rings is 1. The summed E-state index contributed by atoms with van der Waals surface area (Å²) >= 11 is 1.40. The average Bonchev–Trinajstić information content (AvgIpc) is 2.67. The van der Waals surface area contributed by atoms with Gasteiger partial charge in [0, 0.05) is 19.0 Å². The van der Waals surface area contributed by atoms with Crippen LogP contribution in [-0.4, -0.2) is 36.3 Å². The molecule has 6 heteroatoms. The summed E-state index contributed by atoms with van der Waals surface area (Å²) in [5, 5.41) is 14.6. The van der Waals surface area contributed by atoms with E-state index in [0.29, 0.717) is 18.8 Å². The van der Waals surface area contributed by atoms with E-state index in [1.54, 1.807) is 26.3 Å². The van der Waals surface area contributed by atoms with Crippen LogP contribution in [0.5, 0.6) is 0 Å². The second kappa shape index (κ2) is 5.27. The van der Waals surface area contributed by atoms with Gasteiger partial charge >= 0.3 is 5.97 Å². The van der Waals surface area contributed by atoms with Gasteiger partial charge in [0.15, 0.2) is 5.13 Å². The number of nitrogens with zero attached hydrogens (tertiary/aromatic N) is 1. The number of anilines is 1. The summed E-state index contributed by atoms with van der Waals surface area (Å²) in [6, 6.07) is 0. The third kappa shape index (κ3) is 2.93. The first-order chi connectivity index (χ1) is 7.48. The van der Waals surface area contributed by atoms with Gasteiger partial charge in [-0.25, -0.2) is 4.98 Å². The molecule has 0 bridgehead atoms. The maximum Gasteiger partial charge on any atom is 0.315 e. The summed E-state index contributed by atoms with van der Waals surface area (Å²) in [7, 11) is 1.63. The van der Waals surface area contributed by atoms with Crippen molar-refractivity contribution in [1.82, 2.24) is 4.98 Å². The van der Waals surface area contributed by atoms with Gasteiger partial charge in [-0.15, -0.1) is 11.3 Å². The summed E-state index contributed by atoms with van der Waals surface area (Å²) in [5.74, 6) is -0.874. The number of hydrogen-bond acceptors (Lipinski definition) is 5. The van der Waals surface area contributed by atoms with Crippen LogP contribution in [0.25, 0.3) is 0 Å². The Bertz CT molecular complexity index is 363. The van der Waals surface area contributed by atoms with Crippen LogP contribution in [0.3, 0.4) is 0 Å². The predicted octanol–water partition coefficient (Wildman–Crippen LogP) is 1.56. The number of ether oxygens (including phenoxy) is 1. The zero-order valence-electron chi connectivity index (χ0n) is 9.61. The van der Waals surface area contributed by atoms with E-state index in [0.717, 1.165) is 5.13 Å². The predicted molar refractivity (Wildman–Crippen MR) is 63.1 cm³/mol. The smallest absolute Gasteiger partial charge is 0.315 e. The first kappa shape index (κ1) is 12.9. The van der Waals surface area contributed by atoms with Crippen LogP contribution in [0.2, 0.25) is 0 Å². The molecule has 2 N–H and O–H groups in total. The maximum absolute atomic E-state index is 11.0. The molecule has 0 radical (unpaired) electrons. The highest BCUT2D eigenvalue weighted by Crippen LogP contribution is 2.27. The van der Waals surface area contributed by atoms with Crippen molar-refractivity contribution >= 4 is 22.4 Å². The van der Waals surface area contributed by atoms with E-state index in [4.69, 9.17) is 9.84 Å². The molecule has 1 aromatic rings. The first-order valence-corrected chi connectivity index (χ1v) is 5.78. The number of hydrogen-bond donors (Lipinski definition) is 2. The fourth-order valence-corrected chi connectivity index (χ4v) is 1.92. The van der Waals surface area contributed by atoms with Crippen LogP contribution in [-0.2, 0) is 14.9 Å². The van der Waals surface area contributed by atoms with E-state index in [-0.39, 0.29) is 0 Å². The molecular weight excluding hydrogens is 228 g/mol. The molecule has 1 aromatic heterocycles. The van der Waals surface area contributed by atoms with E-state index in [1.807, 2.05) is 0 Å². The number of carboxylic acids is 1. The van der Waals surface area contributed by atoms with Crippen molar-refractivity contribution in [2.75, 3.05) is 25.6 Å². The van der Waals surface area contributed by atoms with Crippen molar-refractivity contribution in [2.24, 2.45) is 0 Å². The topological polar surface area (TPSA) is 71.5 Å². The lowest BCUT2D eigenvalue weighted by Crippen LogP contribution is -2.28. The van der Waals surface area contributed by atoms with E-state index in [9.17, 15) is 4.79 Å². The lowest BCUT2D eigenvalue weighted by molar-refractivity contribution is -0.142. The van der Waals surface area contributed by atoms with Crippen LogP contribution in [0, 0.1) is 0 Å². The highest BCUT2D eigenvalue weighted by molar-refractivity contribution is 7.13. The summed E-state index contributed by atoms with van der Waals surface area (Å²) < 4.78 is 4.90. The molecule has 0 atom stereocenters. The van der Waals surface area contributed by atoms with Gasteiger partial charge in [0.1, 0.15) is 5.41 Å². The second-order valence-corrected chi connectivity index (χ2v) is 4.75. The Morgan fingerprint density at radius 3 is 2.94 bits per heavy atom. The molecular formula is C10H16N2O3S. The van der Waals surface area contributed by atoms with Crippen LogP contribution in [0.4, 0.5) is 5.13 Å². The number of rotatable bonds is 6. The van der Waals surface area contributed by atoms with Crippen molar-refractivity contribution in [3.8, 4) is 0 Å². The molecule has 16 heavy (non-hydrogen) atoms. The van der Waals surface area contributed by atoms with E-state index < -0.39 is 11.4 Å². The molecule has 1 heterocycles. The minimum atomic E-state index is -0.947. The quantitative estimate of drug-likeness (QED) is 0.743. The lowest BCUT2D eigenvalue weighted by Gasteiger charge is -2.15. The Hall–Kier alpha value is -1.14. The summed E-state index contributed by atoms with van der Waals surface area (Å²) in [6.07, 6.45) is 0. The van der Waals surface area contributed by atoms with Crippen LogP contribution < -0.4 is 5.32 Å². The molecule has 0 saturated carbocycles. The Morgan fingerprint density at radius 1 is 1.69 bits per heavy atom. The zero-order valence-corrected chi connectivity index (χ0v) is 10.4. The molecule has 1 rings (SSSR count). The fourth-order valence-electron chi connectivity index (χ4n) is 1.01. The molecule has 0 unspecified atom stereocenters. The van der Waals surface area contributed by atoms with Gasteiger partial charge in [-0.3, -0.25) is 4.79 Å². The van der Waals surface area contributed by atoms with Gasteiger partial charge < -0.3 is 15.2 Å². The maximum atomic E-state index is 11.0. The Kier molecular flexibility index (Phi) is 4.26. The van der Waals surface area contributed by atoms with Crippen molar-refractivity contribution in [3.63, 3.8) is 0 Å².